The molecule has 2 N–H and O–H groups in total. The molecule has 25 heavy (non-hydrogen) atoms. The molecule has 140 valence electrons. The minimum atomic E-state index is 0. The van der Waals surface area contributed by atoms with E-state index in [-0.39, 0.29) is 30.5 Å². The van der Waals surface area contributed by atoms with Gasteiger partial charge < -0.3 is 20.1 Å². The molecular formula is C19H29ClN2O3. The Balaban J connectivity index is 0.00000225. The number of hydrogen-bond donors (Lipinski definition) is 1. The van der Waals surface area contributed by atoms with Crippen LogP contribution in [-0.4, -0.2) is 49.3 Å². The zero-order valence-corrected chi connectivity index (χ0v) is 15.5. The quantitative estimate of drug-likeness (QED) is 0.811. The maximum absolute atomic E-state index is 12.4. The number of nitrogens with two attached hydrogens (primary N) is 1. The molecule has 0 radical (unpaired) electrons. The summed E-state index contributed by atoms with van der Waals surface area (Å²) in [4.78, 5) is 14.3. The van der Waals surface area contributed by atoms with Crippen LogP contribution >= 0.6 is 12.4 Å². The van der Waals surface area contributed by atoms with Crippen LogP contribution in [0.4, 0.5) is 5.69 Å². The molecule has 2 aliphatic rings. The van der Waals surface area contributed by atoms with E-state index in [0.717, 1.165) is 50.2 Å². The number of amides is 1. The standard InChI is InChI=1S/C19H28N2O3.ClH/c20-16-6-4-15(5-7-16)13-19(22)21-10-8-17(9-11-21)24-14-18-3-1-2-12-23-18;/h4-7,17-18H,1-3,8-14,20H2;1H. The van der Waals surface area contributed by atoms with E-state index in [4.69, 9.17) is 15.2 Å². The monoisotopic (exact) mass is 368 g/mol. The zero-order chi connectivity index (χ0) is 16.8. The third-order valence-electron chi connectivity index (χ3n) is 4.92. The highest BCUT2D eigenvalue weighted by Crippen LogP contribution is 2.18. The number of likely N-dealkylation sites (tertiary alicyclic amines) is 1. The van der Waals surface area contributed by atoms with Gasteiger partial charge in [-0.15, -0.1) is 12.4 Å². The molecule has 0 saturated carbocycles. The van der Waals surface area contributed by atoms with Gasteiger partial charge in [-0.05, 0) is 49.8 Å². The summed E-state index contributed by atoms with van der Waals surface area (Å²) in [5.41, 5.74) is 7.42. The van der Waals surface area contributed by atoms with Gasteiger partial charge >= 0.3 is 0 Å². The van der Waals surface area contributed by atoms with E-state index < -0.39 is 0 Å². The van der Waals surface area contributed by atoms with E-state index in [0.29, 0.717) is 13.0 Å². The highest BCUT2D eigenvalue weighted by Gasteiger charge is 2.24. The Morgan fingerprint density at radius 3 is 2.52 bits per heavy atom. The molecule has 0 spiro atoms. The first-order valence-electron chi connectivity index (χ1n) is 9.06. The lowest BCUT2D eigenvalue weighted by Crippen LogP contribution is -2.42. The minimum absolute atomic E-state index is 0. The first-order chi connectivity index (χ1) is 11.7. The summed E-state index contributed by atoms with van der Waals surface area (Å²) in [6, 6.07) is 7.53. The van der Waals surface area contributed by atoms with Crippen LogP contribution < -0.4 is 5.73 Å². The third kappa shape index (κ3) is 6.17. The van der Waals surface area contributed by atoms with Crippen molar-refractivity contribution >= 4 is 24.0 Å². The van der Waals surface area contributed by atoms with E-state index in [1.54, 1.807) is 0 Å². The molecule has 1 unspecified atom stereocenters. The predicted molar refractivity (Wildman–Crippen MR) is 101 cm³/mol. The van der Waals surface area contributed by atoms with Gasteiger partial charge in [-0.25, -0.2) is 0 Å². The van der Waals surface area contributed by atoms with Crippen LogP contribution in [0.15, 0.2) is 24.3 Å². The summed E-state index contributed by atoms with van der Waals surface area (Å²) in [5, 5.41) is 0. The summed E-state index contributed by atoms with van der Waals surface area (Å²) < 4.78 is 11.7. The third-order valence-corrected chi connectivity index (χ3v) is 4.92. The van der Waals surface area contributed by atoms with Crippen LogP contribution in [0, 0.1) is 0 Å². The van der Waals surface area contributed by atoms with Crippen molar-refractivity contribution < 1.29 is 14.3 Å². The molecule has 1 aromatic carbocycles. The van der Waals surface area contributed by atoms with Gasteiger partial charge in [0.25, 0.3) is 0 Å². The second-order valence-electron chi connectivity index (χ2n) is 6.82. The van der Waals surface area contributed by atoms with E-state index in [9.17, 15) is 4.79 Å². The smallest absolute Gasteiger partial charge is 0.226 e. The number of carbonyl (C=O) groups excluding carboxylic acids is 1. The van der Waals surface area contributed by atoms with Crippen molar-refractivity contribution in [3.63, 3.8) is 0 Å². The van der Waals surface area contributed by atoms with Crippen molar-refractivity contribution in [2.45, 2.75) is 50.7 Å². The van der Waals surface area contributed by atoms with E-state index in [1.165, 1.54) is 12.8 Å². The molecule has 2 aliphatic heterocycles. The SMILES string of the molecule is Cl.Nc1ccc(CC(=O)N2CCC(OCC3CCCCO3)CC2)cc1. The summed E-state index contributed by atoms with van der Waals surface area (Å²) in [5.74, 6) is 0.189. The molecule has 1 amide bonds. The fourth-order valence-corrected chi connectivity index (χ4v) is 3.38. The molecule has 0 aromatic heterocycles. The van der Waals surface area contributed by atoms with Crippen molar-refractivity contribution in [1.82, 2.24) is 4.90 Å². The number of carbonyl (C=O) groups is 1. The van der Waals surface area contributed by atoms with Gasteiger partial charge in [-0.2, -0.15) is 0 Å². The van der Waals surface area contributed by atoms with Crippen LogP contribution in [0.2, 0.25) is 0 Å². The molecule has 2 fully saturated rings. The number of hydrogen-bond acceptors (Lipinski definition) is 4. The molecule has 0 aliphatic carbocycles. The molecule has 5 nitrogen and oxygen atoms in total. The Bertz CT molecular complexity index is 524. The molecule has 2 heterocycles. The largest absolute Gasteiger partial charge is 0.399 e. The average Bonchev–Trinajstić information content (AvgIpc) is 2.63. The topological polar surface area (TPSA) is 64.8 Å². The molecule has 3 rings (SSSR count). The van der Waals surface area contributed by atoms with Crippen LogP contribution in [0.25, 0.3) is 0 Å². The maximum Gasteiger partial charge on any atom is 0.226 e. The van der Waals surface area contributed by atoms with Crippen LogP contribution in [0.3, 0.4) is 0 Å². The summed E-state index contributed by atoms with van der Waals surface area (Å²) in [6.45, 7) is 3.13. The van der Waals surface area contributed by atoms with Crippen LogP contribution in [-0.2, 0) is 20.7 Å². The van der Waals surface area contributed by atoms with Crippen molar-refractivity contribution in [2.24, 2.45) is 0 Å². The van der Waals surface area contributed by atoms with Crippen molar-refractivity contribution in [2.75, 3.05) is 32.0 Å². The molecular weight excluding hydrogens is 340 g/mol. The van der Waals surface area contributed by atoms with Gasteiger partial charge in [0, 0.05) is 25.4 Å². The average molecular weight is 369 g/mol. The van der Waals surface area contributed by atoms with Crippen LogP contribution in [0.1, 0.15) is 37.7 Å². The van der Waals surface area contributed by atoms with Gasteiger partial charge in [0.05, 0.1) is 25.2 Å². The highest BCUT2D eigenvalue weighted by atomic mass is 35.5. The van der Waals surface area contributed by atoms with E-state index in [2.05, 4.69) is 0 Å². The second kappa shape index (κ2) is 10.00. The van der Waals surface area contributed by atoms with Crippen LogP contribution in [0.5, 0.6) is 0 Å². The summed E-state index contributed by atoms with van der Waals surface area (Å²) in [6.07, 6.45) is 6.33. The lowest BCUT2D eigenvalue weighted by atomic mass is 10.1. The fourth-order valence-electron chi connectivity index (χ4n) is 3.38. The molecule has 2 saturated heterocycles. The number of nitrogen functional groups attached to an aromatic ring is 1. The fraction of sp³-hybridized carbons (Fsp3) is 0.632. The van der Waals surface area contributed by atoms with E-state index in [1.807, 2.05) is 29.2 Å². The number of benzene rings is 1. The predicted octanol–water partition coefficient (Wildman–Crippen LogP) is 2.81. The van der Waals surface area contributed by atoms with Crippen molar-refractivity contribution in [3.8, 4) is 0 Å². The number of halogens is 1. The van der Waals surface area contributed by atoms with Crippen molar-refractivity contribution in [3.05, 3.63) is 29.8 Å². The van der Waals surface area contributed by atoms with Gasteiger partial charge in [0.1, 0.15) is 0 Å². The Morgan fingerprint density at radius 2 is 1.88 bits per heavy atom. The molecule has 1 aromatic rings. The second-order valence-corrected chi connectivity index (χ2v) is 6.82. The molecule has 0 bridgehead atoms. The van der Waals surface area contributed by atoms with Gasteiger partial charge in [0.2, 0.25) is 5.91 Å². The maximum atomic E-state index is 12.4. The number of rotatable bonds is 5. The number of nitrogens with zero attached hydrogens (tertiary/aromatic N) is 1. The lowest BCUT2D eigenvalue weighted by Gasteiger charge is -2.33. The summed E-state index contributed by atoms with van der Waals surface area (Å²) >= 11 is 0. The molecule has 1 atom stereocenters. The lowest BCUT2D eigenvalue weighted by molar-refractivity contribution is -0.134. The first-order valence-corrected chi connectivity index (χ1v) is 9.06. The molecule has 6 heteroatoms. The number of ether oxygens (including phenoxy) is 2. The number of piperidine rings is 1. The van der Waals surface area contributed by atoms with Gasteiger partial charge in [-0.1, -0.05) is 12.1 Å². The Hall–Kier alpha value is -1.30. The van der Waals surface area contributed by atoms with E-state index >= 15 is 0 Å². The minimum Gasteiger partial charge on any atom is -0.399 e. The summed E-state index contributed by atoms with van der Waals surface area (Å²) in [7, 11) is 0. The first kappa shape index (κ1) is 20.0. The van der Waals surface area contributed by atoms with Crippen molar-refractivity contribution in [1.29, 1.82) is 0 Å². The Kier molecular flexibility index (Phi) is 8.00. The Morgan fingerprint density at radius 1 is 1.16 bits per heavy atom. The van der Waals surface area contributed by atoms with Gasteiger partial charge in [-0.3, -0.25) is 4.79 Å². The number of anilines is 1. The van der Waals surface area contributed by atoms with Gasteiger partial charge in [0.15, 0.2) is 0 Å². The Labute approximate surface area is 156 Å². The normalized spacial score (nSPS) is 21.6. The highest BCUT2D eigenvalue weighted by molar-refractivity contribution is 5.85. The zero-order valence-electron chi connectivity index (χ0n) is 14.7.